The van der Waals surface area contributed by atoms with E-state index in [0.717, 1.165) is 11.1 Å². The Morgan fingerprint density at radius 2 is 1.67 bits per heavy atom. The molecule has 2 aromatic carbocycles. The second-order valence-electron chi connectivity index (χ2n) is 5.37. The Bertz CT molecular complexity index is 736. The lowest BCUT2D eigenvalue weighted by atomic mass is 9.93. The van der Waals surface area contributed by atoms with Crippen LogP contribution in [0.2, 0.25) is 10.0 Å². The van der Waals surface area contributed by atoms with Crippen molar-refractivity contribution in [1.29, 1.82) is 0 Å². The average molecular weight is 365 g/mol. The second kappa shape index (κ2) is 8.32. The van der Waals surface area contributed by atoms with Crippen LogP contribution in [0.15, 0.2) is 42.5 Å². The smallest absolute Gasteiger partial charge is 0.316 e. The highest BCUT2D eigenvalue weighted by Crippen LogP contribution is 2.36. The van der Waals surface area contributed by atoms with Crippen LogP contribution in [0.5, 0.6) is 0 Å². The van der Waals surface area contributed by atoms with Gasteiger partial charge in [0.1, 0.15) is 5.92 Å². The average Bonchev–Trinajstić information content (AvgIpc) is 2.55. The van der Waals surface area contributed by atoms with Crippen LogP contribution >= 0.6 is 23.2 Å². The van der Waals surface area contributed by atoms with Crippen LogP contribution in [0.1, 0.15) is 19.4 Å². The van der Waals surface area contributed by atoms with Gasteiger partial charge in [0, 0.05) is 22.0 Å². The van der Waals surface area contributed by atoms with Crippen LogP contribution in [0.4, 0.5) is 0 Å². The summed E-state index contributed by atoms with van der Waals surface area (Å²) in [5.41, 5.74) is 2.25. The first kappa shape index (κ1) is 18.5. The van der Waals surface area contributed by atoms with Crippen LogP contribution in [-0.2, 0) is 20.7 Å². The molecule has 1 unspecified atom stereocenters. The van der Waals surface area contributed by atoms with Gasteiger partial charge in [0.25, 0.3) is 0 Å². The summed E-state index contributed by atoms with van der Waals surface area (Å²) in [5, 5.41) is 1.03. The number of carbonyl (C=O) groups excluding carboxylic acids is 2. The van der Waals surface area contributed by atoms with Gasteiger partial charge in [-0.3, -0.25) is 9.59 Å². The molecule has 0 saturated heterocycles. The van der Waals surface area contributed by atoms with Crippen molar-refractivity contribution in [2.75, 3.05) is 6.61 Å². The molecule has 2 rings (SSSR count). The van der Waals surface area contributed by atoms with Crippen LogP contribution in [-0.4, -0.2) is 18.4 Å². The molecule has 0 heterocycles. The molecule has 0 radical (unpaired) electrons. The van der Waals surface area contributed by atoms with Gasteiger partial charge < -0.3 is 4.74 Å². The van der Waals surface area contributed by atoms with Gasteiger partial charge >= 0.3 is 5.97 Å². The van der Waals surface area contributed by atoms with Crippen molar-refractivity contribution < 1.29 is 14.3 Å². The number of esters is 1. The zero-order chi connectivity index (χ0) is 17.7. The zero-order valence-electron chi connectivity index (χ0n) is 13.5. The third-order valence-electron chi connectivity index (χ3n) is 3.74. The Balaban J connectivity index is 2.33. The molecule has 0 spiro atoms. The van der Waals surface area contributed by atoms with Crippen molar-refractivity contribution in [3.05, 3.63) is 58.1 Å². The van der Waals surface area contributed by atoms with Gasteiger partial charge in [0.05, 0.1) is 6.61 Å². The summed E-state index contributed by atoms with van der Waals surface area (Å²) in [4.78, 5) is 24.2. The Kier molecular flexibility index (Phi) is 6.41. The van der Waals surface area contributed by atoms with Crippen LogP contribution in [0.3, 0.4) is 0 Å². The Labute approximate surface area is 151 Å². The fourth-order valence-electron chi connectivity index (χ4n) is 2.41. The Morgan fingerprint density at radius 1 is 1.04 bits per heavy atom. The molecule has 0 saturated carbocycles. The second-order valence-corrected chi connectivity index (χ2v) is 6.19. The number of rotatable bonds is 6. The van der Waals surface area contributed by atoms with Crippen LogP contribution < -0.4 is 0 Å². The maximum atomic E-state index is 12.4. The summed E-state index contributed by atoms with van der Waals surface area (Å²) in [6.07, 6.45) is 0.109. The quantitative estimate of drug-likeness (QED) is 0.536. The summed E-state index contributed by atoms with van der Waals surface area (Å²) < 4.78 is 4.91. The molecular weight excluding hydrogens is 347 g/mol. The van der Waals surface area contributed by atoms with E-state index >= 15 is 0 Å². The molecule has 0 aliphatic heterocycles. The standard InChI is InChI=1S/C19H18Cl2O3/c1-3-24-19(23)12(2)17(22)11-13-7-4-5-8-14(13)18-15(20)9-6-10-16(18)21/h4-10,12H,3,11H2,1-2H3. The topological polar surface area (TPSA) is 43.4 Å². The van der Waals surface area contributed by atoms with E-state index in [1.54, 1.807) is 32.0 Å². The minimum Gasteiger partial charge on any atom is -0.465 e. The highest BCUT2D eigenvalue weighted by molar-refractivity contribution is 6.39. The summed E-state index contributed by atoms with van der Waals surface area (Å²) in [7, 11) is 0. The van der Waals surface area contributed by atoms with Crippen LogP contribution in [0.25, 0.3) is 11.1 Å². The molecule has 0 fully saturated rings. The molecule has 0 amide bonds. The van der Waals surface area contributed by atoms with E-state index in [0.29, 0.717) is 15.6 Å². The van der Waals surface area contributed by atoms with Gasteiger partial charge in [-0.05, 0) is 37.1 Å². The molecular formula is C19H18Cl2O3. The van der Waals surface area contributed by atoms with E-state index in [-0.39, 0.29) is 18.8 Å². The highest BCUT2D eigenvalue weighted by Gasteiger charge is 2.24. The number of halogens is 2. The molecule has 0 N–H and O–H groups in total. The molecule has 3 nitrogen and oxygen atoms in total. The van der Waals surface area contributed by atoms with Gasteiger partial charge in [-0.2, -0.15) is 0 Å². The molecule has 2 aromatic rings. The Morgan fingerprint density at radius 3 is 2.29 bits per heavy atom. The normalized spacial score (nSPS) is 11.8. The Hall–Kier alpha value is -1.84. The maximum absolute atomic E-state index is 12.4. The molecule has 0 aromatic heterocycles. The monoisotopic (exact) mass is 364 g/mol. The van der Waals surface area contributed by atoms with Gasteiger partial charge in [-0.1, -0.05) is 53.5 Å². The molecule has 5 heteroatoms. The first-order valence-corrected chi connectivity index (χ1v) is 8.43. The SMILES string of the molecule is CCOC(=O)C(C)C(=O)Cc1ccccc1-c1c(Cl)cccc1Cl. The molecule has 0 aliphatic rings. The number of Topliss-reactive ketones (excluding diaryl/α,β-unsaturated/α-hetero) is 1. The number of ether oxygens (including phenoxy) is 1. The lowest BCUT2D eigenvalue weighted by Gasteiger charge is -2.14. The van der Waals surface area contributed by atoms with Gasteiger partial charge in [0.15, 0.2) is 5.78 Å². The highest BCUT2D eigenvalue weighted by atomic mass is 35.5. The van der Waals surface area contributed by atoms with Crippen molar-refractivity contribution in [2.24, 2.45) is 5.92 Å². The molecule has 1 atom stereocenters. The van der Waals surface area contributed by atoms with Gasteiger partial charge in [0.2, 0.25) is 0 Å². The molecule has 0 bridgehead atoms. The number of ketones is 1. The minimum atomic E-state index is -0.806. The predicted octanol–water partition coefficient (Wildman–Crippen LogP) is 4.97. The van der Waals surface area contributed by atoms with Gasteiger partial charge in [-0.25, -0.2) is 0 Å². The van der Waals surface area contributed by atoms with E-state index in [1.807, 2.05) is 24.3 Å². The van der Waals surface area contributed by atoms with Crippen molar-refractivity contribution in [3.63, 3.8) is 0 Å². The first-order valence-electron chi connectivity index (χ1n) is 7.67. The van der Waals surface area contributed by atoms with Crippen molar-refractivity contribution in [2.45, 2.75) is 20.3 Å². The molecule has 126 valence electrons. The lowest BCUT2D eigenvalue weighted by Crippen LogP contribution is -2.25. The van der Waals surface area contributed by atoms with Crippen molar-refractivity contribution in [1.82, 2.24) is 0 Å². The number of hydrogen-bond donors (Lipinski definition) is 0. The molecule has 24 heavy (non-hydrogen) atoms. The summed E-state index contributed by atoms with van der Waals surface area (Å²) in [6, 6.07) is 12.7. The zero-order valence-corrected chi connectivity index (χ0v) is 15.0. The van der Waals surface area contributed by atoms with Crippen molar-refractivity contribution in [3.8, 4) is 11.1 Å². The maximum Gasteiger partial charge on any atom is 0.316 e. The van der Waals surface area contributed by atoms with E-state index < -0.39 is 11.9 Å². The van der Waals surface area contributed by atoms with E-state index in [9.17, 15) is 9.59 Å². The fourth-order valence-corrected chi connectivity index (χ4v) is 3.01. The number of benzene rings is 2. The van der Waals surface area contributed by atoms with Crippen molar-refractivity contribution >= 4 is 35.0 Å². The number of carbonyl (C=O) groups is 2. The molecule has 0 aliphatic carbocycles. The summed E-state index contributed by atoms with van der Waals surface area (Å²) in [6.45, 7) is 3.53. The first-order chi connectivity index (χ1) is 11.5. The predicted molar refractivity (Wildman–Crippen MR) is 96.4 cm³/mol. The largest absolute Gasteiger partial charge is 0.465 e. The summed E-state index contributed by atoms with van der Waals surface area (Å²) in [5.74, 6) is -1.51. The lowest BCUT2D eigenvalue weighted by molar-refractivity contribution is -0.150. The third-order valence-corrected chi connectivity index (χ3v) is 4.37. The third kappa shape index (κ3) is 4.16. The fraction of sp³-hybridized carbons (Fsp3) is 0.263. The van der Waals surface area contributed by atoms with Gasteiger partial charge in [-0.15, -0.1) is 0 Å². The van der Waals surface area contributed by atoms with E-state index in [1.165, 1.54) is 0 Å². The van der Waals surface area contributed by atoms with E-state index in [4.69, 9.17) is 27.9 Å². The summed E-state index contributed by atoms with van der Waals surface area (Å²) >= 11 is 12.6. The minimum absolute atomic E-state index is 0.109. The van der Waals surface area contributed by atoms with Crippen LogP contribution in [0, 0.1) is 5.92 Å². The number of hydrogen-bond acceptors (Lipinski definition) is 3. The van der Waals surface area contributed by atoms with E-state index in [2.05, 4.69) is 0 Å².